The van der Waals surface area contributed by atoms with Crippen LogP contribution in [0.5, 0.6) is 0 Å². The van der Waals surface area contributed by atoms with E-state index in [1.165, 1.54) is 0 Å². The van der Waals surface area contributed by atoms with Crippen LogP contribution in [0.4, 0.5) is 0 Å². The Bertz CT molecular complexity index is 357. The zero-order valence-electron chi connectivity index (χ0n) is 7.03. The van der Waals surface area contributed by atoms with Gasteiger partial charge >= 0.3 is 0 Å². The molecule has 0 saturated carbocycles. The maximum Gasteiger partial charge on any atom is 0.102 e. The fraction of sp³-hybridized carbons (Fsp3) is 0.375. The normalized spacial score (nSPS) is 28.1. The van der Waals surface area contributed by atoms with Gasteiger partial charge in [-0.1, -0.05) is 18.7 Å². The number of nitriles is 2. The van der Waals surface area contributed by atoms with E-state index in [0.717, 1.165) is 11.8 Å². The molecule has 0 radical (unpaired) electrons. The third-order valence-corrected chi connectivity index (χ3v) is 2.90. The molecule has 0 amide bonds. The molecule has 0 unspecified atom stereocenters. The van der Waals surface area contributed by atoms with Gasteiger partial charge in [-0.3, -0.25) is 5.41 Å². The lowest BCUT2D eigenvalue weighted by Crippen LogP contribution is -2.26. The van der Waals surface area contributed by atoms with E-state index >= 15 is 0 Å². The van der Waals surface area contributed by atoms with Crippen molar-refractivity contribution in [2.45, 2.75) is 6.92 Å². The van der Waals surface area contributed by atoms with Crippen LogP contribution in [-0.4, -0.2) is 5.04 Å². The molecule has 2 atom stereocenters. The summed E-state index contributed by atoms with van der Waals surface area (Å²) in [6, 6.07) is 3.98. The molecule has 5 heteroatoms. The zero-order chi connectivity index (χ0) is 10.0. The van der Waals surface area contributed by atoms with Crippen LogP contribution in [0, 0.1) is 39.9 Å². The molecule has 0 spiro atoms. The van der Waals surface area contributed by atoms with Gasteiger partial charge in [-0.2, -0.15) is 10.5 Å². The Morgan fingerprint density at radius 3 is 2.62 bits per heavy atom. The second-order valence-corrected chi connectivity index (χ2v) is 3.84. The number of allylic oxidation sites excluding steroid dienone is 1. The molecular formula is C8H8N4S. The highest BCUT2D eigenvalue weighted by Gasteiger charge is 2.32. The van der Waals surface area contributed by atoms with Crippen molar-refractivity contribution in [2.24, 2.45) is 17.6 Å². The minimum atomic E-state index is -0.521. The fourth-order valence-electron chi connectivity index (χ4n) is 1.18. The Morgan fingerprint density at radius 1 is 1.54 bits per heavy atom. The smallest absolute Gasteiger partial charge is 0.102 e. The summed E-state index contributed by atoms with van der Waals surface area (Å²) in [6.07, 6.45) is 0. The maximum atomic E-state index is 8.75. The molecule has 13 heavy (non-hydrogen) atoms. The van der Waals surface area contributed by atoms with Gasteiger partial charge in [-0.15, -0.1) is 0 Å². The van der Waals surface area contributed by atoms with Crippen LogP contribution in [0.25, 0.3) is 0 Å². The third-order valence-electron chi connectivity index (χ3n) is 1.98. The molecule has 0 bridgehead atoms. The average molecular weight is 192 g/mol. The fourth-order valence-corrected chi connectivity index (χ4v) is 2.14. The van der Waals surface area contributed by atoms with Crippen LogP contribution in [0.2, 0.25) is 0 Å². The Balaban J connectivity index is 3.13. The van der Waals surface area contributed by atoms with Crippen molar-refractivity contribution < 1.29 is 0 Å². The van der Waals surface area contributed by atoms with E-state index in [4.69, 9.17) is 21.7 Å². The summed E-state index contributed by atoms with van der Waals surface area (Å²) in [5, 5.41) is 25.6. The summed E-state index contributed by atoms with van der Waals surface area (Å²) >= 11 is 1.01. The number of hydrogen-bond acceptors (Lipinski definition) is 5. The average Bonchev–Trinajstić information content (AvgIpc) is 2.04. The number of thioether (sulfide) groups is 1. The van der Waals surface area contributed by atoms with Crippen LogP contribution >= 0.6 is 11.8 Å². The first-order valence-electron chi connectivity index (χ1n) is 3.67. The third kappa shape index (κ3) is 1.51. The molecule has 1 aliphatic rings. The quantitative estimate of drug-likeness (QED) is 0.602. The van der Waals surface area contributed by atoms with Gasteiger partial charge in [-0.05, 0) is 0 Å². The SMILES string of the molecule is C[C@@H]1C(C#N)=C(N)SC(=N)[C@@H]1C#N. The van der Waals surface area contributed by atoms with E-state index in [1.807, 2.05) is 12.1 Å². The van der Waals surface area contributed by atoms with Gasteiger partial charge < -0.3 is 5.73 Å². The van der Waals surface area contributed by atoms with Crippen molar-refractivity contribution in [3.05, 3.63) is 10.6 Å². The highest BCUT2D eigenvalue weighted by atomic mass is 32.2. The summed E-state index contributed by atoms with van der Waals surface area (Å²) in [5.41, 5.74) is 5.98. The molecule has 1 rings (SSSR count). The lowest BCUT2D eigenvalue weighted by Gasteiger charge is -2.23. The van der Waals surface area contributed by atoms with Gasteiger partial charge in [0.2, 0.25) is 0 Å². The summed E-state index contributed by atoms with van der Waals surface area (Å²) in [7, 11) is 0. The highest BCUT2D eigenvalue weighted by molar-refractivity contribution is 8.17. The number of nitrogens with two attached hydrogens (primary N) is 1. The van der Waals surface area contributed by atoms with E-state index in [9.17, 15) is 0 Å². The molecular weight excluding hydrogens is 184 g/mol. The first kappa shape index (κ1) is 9.63. The summed E-state index contributed by atoms with van der Waals surface area (Å²) in [4.78, 5) is 0. The second-order valence-electron chi connectivity index (χ2n) is 2.75. The molecule has 66 valence electrons. The monoisotopic (exact) mass is 192 g/mol. The Labute approximate surface area is 80.5 Å². The van der Waals surface area contributed by atoms with Crippen molar-refractivity contribution in [1.82, 2.24) is 0 Å². The molecule has 3 N–H and O–H groups in total. The second kappa shape index (κ2) is 3.51. The van der Waals surface area contributed by atoms with Crippen LogP contribution in [0.3, 0.4) is 0 Å². The van der Waals surface area contributed by atoms with Crippen LogP contribution in [-0.2, 0) is 0 Å². The van der Waals surface area contributed by atoms with Crippen LogP contribution in [0.15, 0.2) is 10.6 Å². The first-order valence-corrected chi connectivity index (χ1v) is 4.49. The highest BCUT2D eigenvalue weighted by Crippen LogP contribution is 2.35. The topological polar surface area (TPSA) is 97.4 Å². The molecule has 0 aromatic heterocycles. The van der Waals surface area contributed by atoms with Crippen LogP contribution < -0.4 is 5.73 Å². The minimum absolute atomic E-state index is 0.228. The Hall–Kier alpha value is -1.46. The Kier molecular flexibility index (Phi) is 2.60. The van der Waals surface area contributed by atoms with E-state index < -0.39 is 5.92 Å². The summed E-state index contributed by atoms with van der Waals surface area (Å²) in [6.45, 7) is 1.74. The van der Waals surface area contributed by atoms with E-state index in [0.29, 0.717) is 10.6 Å². The zero-order valence-corrected chi connectivity index (χ0v) is 7.85. The molecule has 0 fully saturated rings. The predicted octanol–water partition coefficient (Wildman–Crippen LogP) is 1.18. The van der Waals surface area contributed by atoms with Gasteiger partial charge in [0.1, 0.15) is 5.92 Å². The largest absolute Gasteiger partial charge is 0.392 e. The first-order chi connectivity index (χ1) is 6.11. The standard InChI is InChI=1S/C8H8N4S/c1-4-5(2-9)7(11)13-8(12)6(4)3-10/h4-5,11H,12H2,1H3/t4-,5+/m0/s1. The number of hydrogen-bond donors (Lipinski definition) is 2. The van der Waals surface area contributed by atoms with E-state index in [-0.39, 0.29) is 11.0 Å². The molecule has 4 nitrogen and oxygen atoms in total. The number of nitrogens with one attached hydrogen (secondary N) is 1. The lowest BCUT2D eigenvalue weighted by atomic mass is 9.89. The summed E-state index contributed by atoms with van der Waals surface area (Å²) in [5.74, 6) is -0.782. The predicted molar refractivity (Wildman–Crippen MR) is 50.4 cm³/mol. The van der Waals surface area contributed by atoms with E-state index in [1.54, 1.807) is 6.92 Å². The van der Waals surface area contributed by atoms with Gasteiger partial charge in [0, 0.05) is 5.92 Å². The van der Waals surface area contributed by atoms with Gasteiger partial charge in [0.05, 0.1) is 27.8 Å². The van der Waals surface area contributed by atoms with Gasteiger partial charge in [-0.25, -0.2) is 0 Å². The van der Waals surface area contributed by atoms with Crippen molar-refractivity contribution in [3.8, 4) is 12.1 Å². The number of nitrogens with zero attached hydrogens (tertiary/aromatic N) is 2. The van der Waals surface area contributed by atoms with Crippen molar-refractivity contribution in [2.75, 3.05) is 0 Å². The number of rotatable bonds is 0. The molecule has 0 aromatic carbocycles. The Morgan fingerprint density at radius 2 is 2.15 bits per heavy atom. The molecule has 0 saturated heterocycles. The van der Waals surface area contributed by atoms with Crippen molar-refractivity contribution >= 4 is 16.8 Å². The molecule has 1 heterocycles. The molecule has 0 aromatic rings. The molecule has 1 aliphatic heterocycles. The van der Waals surface area contributed by atoms with Gasteiger partial charge in [0.15, 0.2) is 0 Å². The van der Waals surface area contributed by atoms with Crippen molar-refractivity contribution in [1.29, 1.82) is 15.9 Å². The van der Waals surface area contributed by atoms with Crippen molar-refractivity contribution in [3.63, 3.8) is 0 Å². The minimum Gasteiger partial charge on any atom is -0.392 e. The lowest BCUT2D eigenvalue weighted by molar-refractivity contribution is 0.628. The molecule has 0 aliphatic carbocycles. The summed E-state index contributed by atoms with van der Waals surface area (Å²) < 4.78 is 0. The van der Waals surface area contributed by atoms with Gasteiger partial charge in [0.25, 0.3) is 0 Å². The maximum absolute atomic E-state index is 8.75. The van der Waals surface area contributed by atoms with Crippen LogP contribution in [0.1, 0.15) is 6.92 Å². The van der Waals surface area contributed by atoms with E-state index in [2.05, 4.69) is 0 Å².